The predicted molar refractivity (Wildman–Crippen MR) is 74.7 cm³/mol. The zero-order valence-electron chi connectivity index (χ0n) is 12.5. The van der Waals surface area contributed by atoms with Gasteiger partial charge >= 0.3 is 0 Å². The van der Waals surface area contributed by atoms with Crippen molar-refractivity contribution in [3.8, 4) is 0 Å². The molecule has 2 aliphatic heterocycles. The maximum Gasteiger partial charge on any atom is 0.0544 e. The third-order valence-electron chi connectivity index (χ3n) is 5.27. The van der Waals surface area contributed by atoms with Crippen LogP contribution in [0.4, 0.5) is 0 Å². The molecule has 18 heavy (non-hydrogen) atoms. The molecule has 0 unspecified atom stereocenters. The van der Waals surface area contributed by atoms with Crippen LogP contribution < -0.4 is 0 Å². The number of rotatable bonds is 8. The Bertz CT molecular complexity index is 219. The van der Waals surface area contributed by atoms with Crippen LogP contribution in [-0.2, 0) is 9.47 Å². The SMILES string of the molecule is CCCC(CC1(CC)COC1)CC1(CC)COC1. The van der Waals surface area contributed by atoms with Gasteiger partial charge < -0.3 is 9.47 Å². The van der Waals surface area contributed by atoms with Gasteiger partial charge in [0, 0.05) is 10.8 Å². The Morgan fingerprint density at radius 2 is 1.28 bits per heavy atom. The fourth-order valence-corrected chi connectivity index (χ4v) is 3.62. The van der Waals surface area contributed by atoms with E-state index in [1.807, 2.05) is 0 Å². The Morgan fingerprint density at radius 1 is 0.833 bits per heavy atom. The van der Waals surface area contributed by atoms with E-state index in [9.17, 15) is 0 Å². The van der Waals surface area contributed by atoms with Gasteiger partial charge in [-0.3, -0.25) is 0 Å². The van der Waals surface area contributed by atoms with E-state index in [-0.39, 0.29) is 0 Å². The van der Waals surface area contributed by atoms with E-state index in [0.29, 0.717) is 10.8 Å². The van der Waals surface area contributed by atoms with Crippen LogP contribution >= 0.6 is 0 Å². The highest BCUT2D eigenvalue weighted by atomic mass is 16.5. The molecule has 2 saturated heterocycles. The van der Waals surface area contributed by atoms with Gasteiger partial charge in [0.15, 0.2) is 0 Å². The molecular formula is C16H30O2. The van der Waals surface area contributed by atoms with Gasteiger partial charge in [0.05, 0.1) is 26.4 Å². The van der Waals surface area contributed by atoms with Gasteiger partial charge in [-0.25, -0.2) is 0 Å². The van der Waals surface area contributed by atoms with Gasteiger partial charge in [0.2, 0.25) is 0 Å². The normalized spacial score (nSPS) is 24.7. The van der Waals surface area contributed by atoms with Crippen LogP contribution in [0.25, 0.3) is 0 Å². The minimum atomic E-state index is 0.513. The summed E-state index contributed by atoms with van der Waals surface area (Å²) in [6.45, 7) is 11.0. The van der Waals surface area contributed by atoms with Gasteiger partial charge in [0.1, 0.15) is 0 Å². The molecule has 0 aliphatic carbocycles. The molecule has 106 valence electrons. The third-order valence-corrected chi connectivity index (χ3v) is 5.27. The molecule has 2 heteroatoms. The Morgan fingerprint density at radius 3 is 1.50 bits per heavy atom. The summed E-state index contributed by atoms with van der Waals surface area (Å²) in [4.78, 5) is 0. The predicted octanol–water partition coefficient (Wildman–Crippen LogP) is 4.04. The van der Waals surface area contributed by atoms with Gasteiger partial charge in [-0.2, -0.15) is 0 Å². The van der Waals surface area contributed by atoms with Crippen molar-refractivity contribution in [1.29, 1.82) is 0 Å². The van der Waals surface area contributed by atoms with Crippen LogP contribution in [0.3, 0.4) is 0 Å². The molecule has 2 nitrogen and oxygen atoms in total. The maximum atomic E-state index is 5.48. The van der Waals surface area contributed by atoms with E-state index in [1.54, 1.807) is 0 Å². The Kier molecular flexibility index (Phi) is 4.71. The molecule has 2 rings (SSSR count). The second-order valence-electron chi connectivity index (χ2n) is 6.76. The van der Waals surface area contributed by atoms with Crippen LogP contribution in [0.5, 0.6) is 0 Å². The van der Waals surface area contributed by atoms with E-state index >= 15 is 0 Å². The fourth-order valence-electron chi connectivity index (χ4n) is 3.62. The largest absolute Gasteiger partial charge is 0.380 e. The highest BCUT2D eigenvalue weighted by Gasteiger charge is 2.43. The first-order valence-corrected chi connectivity index (χ1v) is 7.83. The van der Waals surface area contributed by atoms with Crippen LogP contribution in [0.1, 0.15) is 59.3 Å². The smallest absolute Gasteiger partial charge is 0.0544 e. The summed E-state index contributed by atoms with van der Waals surface area (Å²) >= 11 is 0. The lowest BCUT2D eigenvalue weighted by molar-refractivity contribution is -0.148. The Balaban J connectivity index is 1.90. The molecule has 0 aromatic carbocycles. The fraction of sp³-hybridized carbons (Fsp3) is 1.00. The summed E-state index contributed by atoms with van der Waals surface area (Å²) in [5.41, 5.74) is 1.03. The summed E-state index contributed by atoms with van der Waals surface area (Å²) in [5.74, 6) is 0.877. The monoisotopic (exact) mass is 254 g/mol. The zero-order chi connectivity index (χ0) is 13.1. The molecule has 0 aromatic heterocycles. The van der Waals surface area contributed by atoms with E-state index in [4.69, 9.17) is 9.47 Å². The molecule has 0 amide bonds. The van der Waals surface area contributed by atoms with Crippen molar-refractivity contribution in [2.75, 3.05) is 26.4 Å². The van der Waals surface area contributed by atoms with Crippen molar-refractivity contribution in [2.24, 2.45) is 16.7 Å². The number of hydrogen-bond donors (Lipinski definition) is 0. The standard InChI is InChI=1S/C16H30O2/c1-4-7-14(8-15(5-2)10-17-11-15)9-16(6-3)12-18-13-16/h14H,4-13H2,1-3H3. The lowest BCUT2D eigenvalue weighted by Gasteiger charge is -2.47. The second-order valence-corrected chi connectivity index (χ2v) is 6.76. The first kappa shape index (κ1) is 14.3. The first-order chi connectivity index (χ1) is 8.67. The van der Waals surface area contributed by atoms with E-state index < -0.39 is 0 Å². The number of hydrogen-bond acceptors (Lipinski definition) is 2. The molecule has 2 aliphatic rings. The molecule has 2 fully saturated rings. The van der Waals surface area contributed by atoms with Gasteiger partial charge in [-0.1, -0.05) is 33.6 Å². The summed E-state index contributed by atoms with van der Waals surface area (Å²) in [5, 5.41) is 0. The summed E-state index contributed by atoms with van der Waals surface area (Å²) in [6.07, 6.45) is 8.00. The van der Waals surface area contributed by atoms with Crippen molar-refractivity contribution in [3.05, 3.63) is 0 Å². The quantitative estimate of drug-likeness (QED) is 0.651. The molecule has 2 heterocycles. The van der Waals surface area contributed by atoms with Crippen molar-refractivity contribution in [3.63, 3.8) is 0 Å². The molecule has 0 spiro atoms. The second kappa shape index (κ2) is 5.92. The van der Waals surface area contributed by atoms with Crippen molar-refractivity contribution in [1.82, 2.24) is 0 Å². The van der Waals surface area contributed by atoms with Crippen molar-refractivity contribution in [2.45, 2.75) is 59.3 Å². The highest BCUT2D eigenvalue weighted by Crippen LogP contribution is 2.45. The summed E-state index contributed by atoms with van der Waals surface area (Å²) < 4.78 is 11.0. The van der Waals surface area contributed by atoms with Crippen LogP contribution in [0.15, 0.2) is 0 Å². The van der Waals surface area contributed by atoms with Crippen LogP contribution in [0.2, 0.25) is 0 Å². The van der Waals surface area contributed by atoms with Crippen LogP contribution in [-0.4, -0.2) is 26.4 Å². The van der Waals surface area contributed by atoms with Crippen LogP contribution in [0, 0.1) is 16.7 Å². The molecule has 0 bridgehead atoms. The van der Waals surface area contributed by atoms with E-state index in [0.717, 1.165) is 32.3 Å². The molecule has 0 saturated carbocycles. The zero-order valence-corrected chi connectivity index (χ0v) is 12.5. The number of ether oxygens (including phenoxy) is 2. The van der Waals surface area contributed by atoms with Crippen molar-refractivity contribution >= 4 is 0 Å². The minimum absolute atomic E-state index is 0.513. The molecule has 0 N–H and O–H groups in total. The average molecular weight is 254 g/mol. The lowest BCUT2D eigenvalue weighted by atomic mass is 9.68. The minimum Gasteiger partial charge on any atom is -0.380 e. The lowest BCUT2D eigenvalue weighted by Crippen LogP contribution is -2.47. The first-order valence-electron chi connectivity index (χ1n) is 7.83. The van der Waals surface area contributed by atoms with E-state index in [1.165, 1.54) is 38.5 Å². The Hall–Kier alpha value is -0.0800. The van der Waals surface area contributed by atoms with Gasteiger partial charge in [0.25, 0.3) is 0 Å². The van der Waals surface area contributed by atoms with Gasteiger partial charge in [-0.05, 0) is 31.6 Å². The molecular weight excluding hydrogens is 224 g/mol. The maximum absolute atomic E-state index is 5.48. The molecule has 0 atom stereocenters. The highest BCUT2D eigenvalue weighted by molar-refractivity contribution is 4.91. The molecule has 0 radical (unpaired) electrons. The van der Waals surface area contributed by atoms with E-state index in [2.05, 4.69) is 20.8 Å². The van der Waals surface area contributed by atoms with Crippen molar-refractivity contribution < 1.29 is 9.47 Å². The summed E-state index contributed by atoms with van der Waals surface area (Å²) in [6, 6.07) is 0. The molecule has 0 aromatic rings. The average Bonchev–Trinajstić information content (AvgIpc) is 2.28. The topological polar surface area (TPSA) is 18.5 Å². The summed E-state index contributed by atoms with van der Waals surface area (Å²) in [7, 11) is 0. The Labute approximate surface area is 112 Å². The third kappa shape index (κ3) is 2.91. The van der Waals surface area contributed by atoms with Gasteiger partial charge in [-0.15, -0.1) is 0 Å².